The van der Waals surface area contributed by atoms with E-state index in [-0.39, 0.29) is 30.2 Å². The molecular weight excluding hydrogens is 336 g/mol. The molecule has 26 heavy (non-hydrogen) atoms. The third kappa shape index (κ3) is 5.70. The lowest BCUT2D eigenvalue weighted by molar-refractivity contribution is -0.384. The van der Waals surface area contributed by atoms with Crippen molar-refractivity contribution in [3.05, 3.63) is 69.8 Å². The Morgan fingerprint density at radius 1 is 1.12 bits per heavy atom. The standard InChI is InChI=1S/C19H20N2O5/c1-26-17-4-2-3-15(13-17)18(22)9-10-19(23)20-12-11-14-5-7-16(8-6-14)21(24)25/h2-8,13H,9-12H2,1H3,(H,20,23). The number of ketones is 1. The van der Waals surface area contributed by atoms with Gasteiger partial charge in [0, 0.05) is 37.1 Å². The molecule has 0 fully saturated rings. The van der Waals surface area contributed by atoms with Gasteiger partial charge in [-0.3, -0.25) is 19.7 Å². The van der Waals surface area contributed by atoms with Crippen LogP contribution in [0.4, 0.5) is 5.69 Å². The van der Waals surface area contributed by atoms with E-state index in [1.165, 1.54) is 19.2 Å². The van der Waals surface area contributed by atoms with E-state index in [0.717, 1.165) is 5.56 Å². The molecule has 0 radical (unpaired) electrons. The molecule has 0 saturated heterocycles. The minimum Gasteiger partial charge on any atom is -0.497 e. The third-order valence-electron chi connectivity index (χ3n) is 3.85. The normalized spacial score (nSPS) is 10.2. The molecule has 0 aliphatic rings. The van der Waals surface area contributed by atoms with Crippen molar-refractivity contribution in [3.63, 3.8) is 0 Å². The molecule has 0 saturated carbocycles. The van der Waals surface area contributed by atoms with Crippen molar-refractivity contribution >= 4 is 17.4 Å². The molecule has 0 aliphatic carbocycles. The molecule has 0 aromatic heterocycles. The molecule has 1 amide bonds. The zero-order chi connectivity index (χ0) is 18.9. The molecule has 0 heterocycles. The van der Waals surface area contributed by atoms with E-state index >= 15 is 0 Å². The fourth-order valence-electron chi connectivity index (χ4n) is 2.39. The molecule has 2 aromatic carbocycles. The maximum absolute atomic E-state index is 12.1. The first-order valence-electron chi connectivity index (χ1n) is 8.17. The van der Waals surface area contributed by atoms with Crippen LogP contribution in [0.1, 0.15) is 28.8 Å². The fourth-order valence-corrected chi connectivity index (χ4v) is 2.39. The van der Waals surface area contributed by atoms with Crippen LogP contribution in [-0.4, -0.2) is 30.3 Å². The molecule has 7 heteroatoms. The quantitative estimate of drug-likeness (QED) is 0.423. The van der Waals surface area contributed by atoms with Crippen molar-refractivity contribution in [2.45, 2.75) is 19.3 Å². The van der Waals surface area contributed by atoms with E-state index in [2.05, 4.69) is 5.32 Å². The first-order valence-corrected chi connectivity index (χ1v) is 8.17. The Bertz CT molecular complexity index is 787. The molecular formula is C19H20N2O5. The summed E-state index contributed by atoms with van der Waals surface area (Å²) in [5, 5.41) is 13.3. The van der Waals surface area contributed by atoms with Gasteiger partial charge in [0.15, 0.2) is 5.78 Å². The van der Waals surface area contributed by atoms with Crippen LogP contribution in [0, 0.1) is 10.1 Å². The Morgan fingerprint density at radius 3 is 2.50 bits per heavy atom. The lowest BCUT2D eigenvalue weighted by Crippen LogP contribution is -2.26. The molecule has 0 aliphatic heterocycles. The van der Waals surface area contributed by atoms with Crippen LogP contribution in [0.5, 0.6) is 5.75 Å². The molecule has 0 atom stereocenters. The van der Waals surface area contributed by atoms with Crippen LogP contribution in [0.2, 0.25) is 0 Å². The van der Waals surface area contributed by atoms with Gasteiger partial charge >= 0.3 is 0 Å². The lowest BCUT2D eigenvalue weighted by atomic mass is 10.1. The highest BCUT2D eigenvalue weighted by atomic mass is 16.6. The van der Waals surface area contributed by atoms with Crippen molar-refractivity contribution < 1.29 is 19.2 Å². The van der Waals surface area contributed by atoms with E-state index in [0.29, 0.717) is 24.3 Å². The number of hydrogen-bond donors (Lipinski definition) is 1. The summed E-state index contributed by atoms with van der Waals surface area (Å²) in [5.74, 6) is 0.279. The molecule has 2 aromatic rings. The molecule has 0 unspecified atom stereocenters. The van der Waals surface area contributed by atoms with Crippen LogP contribution < -0.4 is 10.1 Å². The highest BCUT2D eigenvalue weighted by molar-refractivity contribution is 5.98. The van der Waals surface area contributed by atoms with E-state index < -0.39 is 4.92 Å². The van der Waals surface area contributed by atoms with Crippen LogP contribution in [0.3, 0.4) is 0 Å². The van der Waals surface area contributed by atoms with Crippen molar-refractivity contribution in [2.24, 2.45) is 0 Å². The number of Topliss-reactive ketones (excluding diaryl/α,β-unsaturated/α-hetero) is 1. The van der Waals surface area contributed by atoms with Gasteiger partial charge in [0.1, 0.15) is 5.75 Å². The van der Waals surface area contributed by atoms with Crippen molar-refractivity contribution in [2.75, 3.05) is 13.7 Å². The highest BCUT2D eigenvalue weighted by Gasteiger charge is 2.10. The summed E-state index contributed by atoms with van der Waals surface area (Å²) in [5.41, 5.74) is 1.44. The van der Waals surface area contributed by atoms with Gasteiger partial charge in [-0.1, -0.05) is 24.3 Å². The fraction of sp³-hybridized carbons (Fsp3) is 0.263. The largest absolute Gasteiger partial charge is 0.497 e. The topological polar surface area (TPSA) is 98.5 Å². The summed E-state index contributed by atoms with van der Waals surface area (Å²) < 4.78 is 5.08. The minimum absolute atomic E-state index is 0.0360. The Morgan fingerprint density at radius 2 is 1.85 bits per heavy atom. The second-order valence-electron chi connectivity index (χ2n) is 5.68. The van der Waals surface area contributed by atoms with Gasteiger partial charge in [0.25, 0.3) is 5.69 Å². The summed E-state index contributed by atoms with van der Waals surface area (Å²) in [6, 6.07) is 13.0. The number of carbonyl (C=O) groups excluding carboxylic acids is 2. The molecule has 0 spiro atoms. The maximum atomic E-state index is 12.1. The predicted molar refractivity (Wildman–Crippen MR) is 96.4 cm³/mol. The predicted octanol–water partition coefficient (Wildman–Crippen LogP) is 2.93. The number of nitrogens with one attached hydrogen (secondary N) is 1. The van der Waals surface area contributed by atoms with Crippen molar-refractivity contribution in [1.82, 2.24) is 5.32 Å². The zero-order valence-electron chi connectivity index (χ0n) is 14.4. The van der Waals surface area contributed by atoms with E-state index in [4.69, 9.17) is 4.74 Å². The first kappa shape index (κ1) is 19.1. The van der Waals surface area contributed by atoms with Gasteiger partial charge in [0.2, 0.25) is 5.91 Å². The van der Waals surface area contributed by atoms with Gasteiger partial charge in [-0.05, 0) is 24.1 Å². The smallest absolute Gasteiger partial charge is 0.269 e. The third-order valence-corrected chi connectivity index (χ3v) is 3.85. The Labute approximate surface area is 151 Å². The second kappa shape index (κ2) is 9.31. The Kier molecular flexibility index (Phi) is 6.84. The molecule has 1 N–H and O–H groups in total. The average Bonchev–Trinajstić information content (AvgIpc) is 2.66. The monoisotopic (exact) mass is 356 g/mol. The zero-order valence-corrected chi connectivity index (χ0v) is 14.4. The number of nitrogens with zero attached hydrogens (tertiary/aromatic N) is 1. The summed E-state index contributed by atoms with van der Waals surface area (Å²) in [6.45, 7) is 0.407. The first-order chi connectivity index (χ1) is 12.5. The van der Waals surface area contributed by atoms with Crippen molar-refractivity contribution in [3.8, 4) is 5.75 Å². The van der Waals surface area contributed by atoms with Crippen LogP contribution in [0.15, 0.2) is 48.5 Å². The number of nitro groups is 1. The molecule has 2 rings (SSSR count). The Balaban J connectivity index is 1.73. The van der Waals surface area contributed by atoms with Crippen LogP contribution in [0.25, 0.3) is 0 Å². The summed E-state index contributed by atoms with van der Waals surface area (Å²) in [4.78, 5) is 34.1. The number of methoxy groups -OCH3 is 1. The maximum Gasteiger partial charge on any atom is 0.269 e. The lowest BCUT2D eigenvalue weighted by Gasteiger charge is -2.06. The molecule has 0 bridgehead atoms. The van der Waals surface area contributed by atoms with Gasteiger partial charge in [-0.15, -0.1) is 0 Å². The summed E-state index contributed by atoms with van der Waals surface area (Å²) >= 11 is 0. The minimum atomic E-state index is -0.453. The molecule has 136 valence electrons. The van der Waals surface area contributed by atoms with Gasteiger partial charge in [-0.25, -0.2) is 0 Å². The van der Waals surface area contributed by atoms with Crippen LogP contribution >= 0.6 is 0 Å². The number of non-ortho nitro benzene ring substituents is 1. The van der Waals surface area contributed by atoms with Crippen molar-refractivity contribution in [1.29, 1.82) is 0 Å². The number of hydrogen-bond acceptors (Lipinski definition) is 5. The van der Waals surface area contributed by atoms with Crippen LogP contribution in [-0.2, 0) is 11.2 Å². The van der Waals surface area contributed by atoms with E-state index in [9.17, 15) is 19.7 Å². The number of amides is 1. The number of rotatable bonds is 9. The summed E-state index contributed by atoms with van der Waals surface area (Å²) in [7, 11) is 1.53. The SMILES string of the molecule is COc1cccc(C(=O)CCC(=O)NCCc2ccc([N+](=O)[O-])cc2)c1. The van der Waals surface area contributed by atoms with Gasteiger partial charge in [-0.2, -0.15) is 0 Å². The summed E-state index contributed by atoms with van der Waals surface area (Å²) in [6.07, 6.45) is 0.792. The van der Waals surface area contributed by atoms with E-state index in [1.807, 2.05) is 0 Å². The number of nitro benzene ring substituents is 1. The number of carbonyl (C=O) groups is 2. The number of benzene rings is 2. The second-order valence-corrected chi connectivity index (χ2v) is 5.68. The highest BCUT2D eigenvalue weighted by Crippen LogP contribution is 2.15. The van der Waals surface area contributed by atoms with Gasteiger partial charge < -0.3 is 10.1 Å². The molecule has 7 nitrogen and oxygen atoms in total. The average molecular weight is 356 g/mol. The number of ether oxygens (including phenoxy) is 1. The Hall–Kier alpha value is -3.22. The van der Waals surface area contributed by atoms with E-state index in [1.54, 1.807) is 36.4 Å². The van der Waals surface area contributed by atoms with Gasteiger partial charge in [0.05, 0.1) is 12.0 Å².